The Morgan fingerprint density at radius 1 is 1.03 bits per heavy atom. The van der Waals surface area contributed by atoms with Crippen LogP contribution in [0.3, 0.4) is 0 Å². The SMILES string of the molecule is CCCc1nc(-c2ccc3c(c2)OCO3)c(-c2ccnc(Nc3ccc(N4CCN(C(C)=O)CC4)nc3)n2)s1. The number of ether oxygens (including phenoxy) is 2. The molecular formula is C28H29N7O3S. The molecule has 10 nitrogen and oxygen atoms in total. The molecule has 0 aliphatic carbocycles. The predicted molar refractivity (Wildman–Crippen MR) is 151 cm³/mol. The van der Waals surface area contributed by atoms with Gasteiger partial charge in [0.15, 0.2) is 11.5 Å². The Morgan fingerprint density at radius 3 is 2.64 bits per heavy atom. The van der Waals surface area contributed by atoms with Crippen molar-refractivity contribution >= 4 is 34.7 Å². The van der Waals surface area contributed by atoms with Crippen LogP contribution >= 0.6 is 11.3 Å². The largest absolute Gasteiger partial charge is 0.454 e. The minimum Gasteiger partial charge on any atom is -0.454 e. The van der Waals surface area contributed by atoms with E-state index >= 15 is 0 Å². The second kappa shape index (κ2) is 10.9. The number of anilines is 3. The maximum absolute atomic E-state index is 11.6. The second-order valence-electron chi connectivity index (χ2n) is 9.39. The van der Waals surface area contributed by atoms with Crippen LogP contribution in [0.1, 0.15) is 25.3 Å². The van der Waals surface area contributed by atoms with E-state index < -0.39 is 0 Å². The van der Waals surface area contributed by atoms with Gasteiger partial charge in [-0.2, -0.15) is 0 Å². The van der Waals surface area contributed by atoms with Crippen molar-refractivity contribution < 1.29 is 14.3 Å². The molecule has 11 heteroatoms. The quantitative estimate of drug-likeness (QED) is 0.353. The highest BCUT2D eigenvalue weighted by Crippen LogP contribution is 2.41. The van der Waals surface area contributed by atoms with Crippen molar-refractivity contribution in [2.75, 3.05) is 43.2 Å². The lowest BCUT2D eigenvalue weighted by Gasteiger charge is -2.34. The fourth-order valence-electron chi connectivity index (χ4n) is 4.67. The molecule has 0 radical (unpaired) electrons. The number of aromatic nitrogens is 4. The van der Waals surface area contributed by atoms with E-state index in [9.17, 15) is 4.79 Å². The molecule has 6 rings (SSSR count). The summed E-state index contributed by atoms with van der Waals surface area (Å²) in [5.41, 5.74) is 3.44. The Labute approximate surface area is 230 Å². The molecule has 2 aliphatic rings. The van der Waals surface area contributed by atoms with Gasteiger partial charge in [-0.1, -0.05) is 6.92 Å². The molecule has 1 amide bonds. The average molecular weight is 544 g/mol. The van der Waals surface area contributed by atoms with E-state index in [-0.39, 0.29) is 12.7 Å². The number of hydrogen-bond donors (Lipinski definition) is 1. The highest BCUT2D eigenvalue weighted by Gasteiger charge is 2.21. The molecule has 1 aromatic carbocycles. The highest BCUT2D eigenvalue weighted by molar-refractivity contribution is 7.15. The van der Waals surface area contributed by atoms with Gasteiger partial charge in [0.1, 0.15) is 5.82 Å². The van der Waals surface area contributed by atoms with Crippen LogP contribution in [0.15, 0.2) is 48.8 Å². The summed E-state index contributed by atoms with van der Waals surface area (Å²) in [6, 6.07) is 11.8. The minimum atomic E-state index is 0.118. The van der Waals surface area contributed by atoms with Gasteiger partial charge in [0.2, 0.25) is 18.6 Å². The van der Waals surface area contributed by atoms with Gasteiger partial charge in [0.05, 0.1) is 33.2 Å². The van der Waals surface area contributed by atoms with E-state index in [1.165, 1.54) is 0 Å². The lowest BCUT2D eigenvalue weighted by molar-refractivity contribution is -0.129. The number of benzene rings is 1. The number of fused-ring (bicyclic) bond motifs is 1. The molecule has 1 saturated heterocycles. The molecule has 0 bridgehead atoms. The summed E-state index contributed by atoms with van der Waals surface area (Å²) in [4.78, 5) is 35.5. The molecule has 2 aliphatic heterocycles. The highest BCUT2D eigenvalue weighted by atomic mass is 32.1. The number of rotatable bonds is 7. The Hall–Kier alpha value is -4.25. The van der Waals surface area contributed by atoms with Gasteiger partial charge in [-0.25, -0.2) is 19.9 Å². The second-order valence-corrected chi connectivity index (χ2v) is 10.5. The molecule has 0 spiro atoms. The first-order valence-electron chi connectivity index (χ1n) is 13.0. The molecule has 1 N–H and O–H groups in total. The van der Waals surface area contributed by atoms with Crippen molar-refractivity contribution in [3.8, 4) is 33.3 Å². The molecule has 0 atom stereocenters. The van der Waals surface area contributed by atoms with E-state index in [0.29, 0.717) is 19.0 Å². The smallest absolute Gasteiger partial charge is 0.231 e. The number of carbonyl (C=O) groups is 1. The number of hydrogen-bond acceptors (Lipinski definition) is 10. The number of nitrogens with one attached hydrogen (secondary N) is 1. The standard InChI is InChI=1S/C28H29N7O3S/c1-3-4-25-33-26(19-5-7-22-23(15-19)38-17-37-22)27(39-25)21-9-10-29-28(32-21)31-20-6-8-24(30-16-20)35-13-11-34(12-14-35)18(2)36/h5-10,15-16H,3-4,11-14,17H2,1-2H3,(H,29,31,32). The van der Waals surface area contributed by atoms with Gasteiger partial charge >= 0.3 is 0 Å². The van der Waals surface area contributed by atoms with E-state index in [0.717, 1.165) is 75.8 Å². The molecule has 39 heavy (non-hydrogen) atoms. The van der Waals surface area contributed by atoms with E-state index in [1.54, 1.807) is 30.7 Å². The number of aryl methyl sites for hydroxylation is 1. The van der Waals surface area contributed by atoms with Crippen LogP contribution in [0.5, 0.6) is 11.5 Å². The van der Waals surface area contributed by atoms with Gasteiger partial charge in [-0.15, -0.1) is 11.3 Å². The van der Waals surface area contributed by atoms with Gasteiger partial charge in [0.25, 0.3) is 0 Å². The molecule has 0 unspecified atom stereocenters. The van der Waals surface area contributed by atoms with Crippen molar-refractivity contribution in [2.45, 2.75) is 26.7 Å². The molecular weight excluding hydrogens is 514 g/mol. The number of amides is 1. The molecule has 200 valence electrons. The minimum absolute atomic E-state index is 0.118. The Bertz CT molecular complexity index is 1480. The zero-order valence-electron chi connectivity index (χ0n) is 21.9. The fraction of sp³-hybridized carbons (Fsp3) is 0.321. The van der Waals surface area contributed by atoms with Crippen LogP contribution in [0.2, 0.25) is 0 Å². The third kappa shape index (κ3) is 5.35. The van der Waals surface area contributed by atoms with E-state index in [1.807, 2.05) is 41.3 Å². The summed E-state index contributed by atoms with van der Waals surface area (Å²) in [7, 11) is 0. The summed E-state index contributed by atoms with van der Waals surface area (Å²) in [5, 5.41) is 4.35. The summed E-state index contributed by atoms with van der Waals surface area (Å²) in [6.07, 6.45) is 5.45. The summed E-state index contributed by atoms with van der Waals surface area (Å²) in [5.74, 6) is 2.97. The van der Waals surface area contributed by atoms with Crippen LogP contribution in [0, 0.1) is 0 Å². The summed E-state index contributed by atoms with van der Waals surface area (Å²) in [6.45, 7) is 6.96. The monoisotopic (exact) mass is 543 g/mol. The summed E-state index contributed by atoms with van der Waals surface area (Å²) >= 11 is 1.66. The lowest BCUT2D eigenvalue weighted by atomic mass is 10.1. The maximum atomic E-state index is 11.6. The predicted octanol–water partition coefficient (Wildman–Crippen LogP) is 4.76. The number of piperazine rings is 1. The molecule has 3 aromatic heterocycles. The molecule has 4 aromatic rings. The summed E-state index contributed by atoms with van der Waals surface area (Å²) < 4.78 is 11.1. The number of carbonyl (C=O) groups excluding carboxylic acids is 1. The third-order valence-electron chi connectivity index (χ3n) is 6.72. The van der Waals surface area contributed by atoms with Gasteiger partial charge < -0.3 is 24.6 Å². The van der Waals surface area contributed by atoms with Crippen LogP contribution < -0.4 is 19.7 Å². The zero-order valence-corrected chi connectivity index (χ0v) is 22.7. The van der Waals surface area contributed by atoms with Crippen LogP contribution in [-0.4, -0.2) is 63.7 Å². The fourth-order valence-corrected chi connectivity index (χ4v) is 5.83. The zero-order chi connectivity index (χ0) is 26.8. The Kier molecular flexibility index (Phi) is 6.97. The van der Waals surface area contributed by atoms with Gasteiger partial charge in [-0.05, 0) is 49.2 Å². The van der Waals surface area contributed by atoms with Gasteiger partial charge in [0, 0.05) is 44.9 Å². The van der Waals surface area contributed by atoms with Crippen molar-refractivity contribution in [3.63, 3.8) is 0 Å². The van der Waals surface area contributed by atoms with E-state index in [4.69, 9.17) is 19.4 Å². The van der Waals surface area contributed by atoms with Crippen molar-refractivity contribution in [3.05, 3.63) is 53.8 Å². The molecule has 5 heterocycles. The number of nitrogens with zero attached hydrogens (tertiary/aromatic N) is 6. The maximum Gasteiger partial charge on any atom is 0.231 e. The third-order valence-corrected chi connectivity index (χ3v) is 7.86. The Morgan fingerprint density at radius 2 is 1.87 bits per heavy atom. The number of pyridine rings is 1. The normalized spacial score (nSPS) is 14.5. The topological polar surface area (TPSA) is 106 Å². The van der Waals surface area contributed by atoms with Crippen molar-refractivity contribution in [1.82, 2.24) is 24.8 Å². The van der Waals surface area contributed by atoms with E-state index in [2.05, 4.69) is 27.1 Å². The average Bonchev–Trinajstić information content (AvgIpc) is 3.61. The van der Waals surface area contributed by atoms with Crippen molar-refractivity contribution in [2.24, 2.45) is 0 Å². The lowest BCUT2D eigenvalue weighted by Crippen LogP contribution is -2.48. The first-order valence-corrected chi connectivity index (χ1v) is 13.9. The molecule has 1 fully saturated rings. The van der Waals surface area contributed by atoms with Crippen molar-refractivity contribution in [1.29, 1.82) is 0 Å². The number of thiazole rings is 1. The first kappa shape index (κ1) is 25.1. The van der Waals surface area contributed by atoms with Gasteiger partial charge in [-0.3, -0.25) is 4.79 Å². The van der Waals surface area contributed by atoms with Crippen LogP contribution in [-0.2, 0) is 11.2 Å². The first-order chi connectivity index (χ1) is 19.1. The Balaban J connectivity index is 1.22. The van der Waals surface area contributed by atoms with Crippen LogP contribution in [0.25, 0.3) is 21.8 Å². The van der Waals surface area contributed by atoms with Crippen LogP contribution in [0.4, 0.5) is 17.5 Å². The molecule has 0 saturated carbocycles.